The molecule has 0 aliphatic carbocycles. The maximum absolute atomic E-state index is 2.27. The van der Waals surface area contributed by atoms with Crippen LogP contribution in [0.15, 0.2) is 34.1 Å². The number of hydrogen-bond donors (Lipinski definition) is 0. The van der Waals surface area contributed by atoms with Gasteiger partial charge >= 0.3 is 84.6 Å². The summed E-state index contributed by atoms with van der Waals surface area (Å²) in [6, 6.07) is 10.5. The molecule has 2 heteroatoms. The molecule has 0 fully saturated rings. The molecule has 1 rings (SSSR count). The fraction of sp³-hybridized carbons (Fsp3) is 0.200. The summed E-state index contributed by atoms with van der Waals surface area (Å²) in [6.07, 6.45) is 4.41. The molecular formula is C10H12SSe. The summed E-state index contributed by atoms with van der Waals surface area (Å²) in [5, 5.41) is 0. The van der Waals surface area contributed by atoms with Gasteiger partial charge in [-0.1, -0.05) is 0 Å². The van der Waals surface area contributed by atoms with Crippen LogP contribution >= 0.6 is 11.8 Å². The third kappa shape index (κ3) is 3.06. The number of benzene rings is 1. The Morgan fingerprint density at radius 3 is 2.50 bits per heavy atom. The van der Waals surface area contributed by atoms with Gasteiger partial charge < -0.3 is 0 Å². The van der Waals surface area contributed by atoms with E-state index in [0.29, 0.717) is 15.0 Å². The van der Waals surface area contributed by atoms with Gasteiger partial charge in [0.05, 0.1) is 0 Å². The zero-order chi connectivity index (χ0) is 8.81. The molecule has 1 aromatic carbocycles. The molecule has 1 aromatic rings. The summed E-state index contributed by atoms with van der Waals surface area (Å²) in [5.74, 6) is 2.25. The van der Waals surface area contributed by atoms with E-state index < -0.39 is 0 Å². The SMILES string of the molecule is CS/C(=C/c1ccccc1)[Se]C. The first-order chi connectivity index (χ1) is 5.86. The quantitative estimate of drug-likeness (QED) is 0.735. The first-order valence-electron chi connectivity index (χ1n) is 3.71. The second kappa shape index (κ2) is 5.47. The van der Waals surface area contributed by atoms with E-state index >= 15 is 0 Å². The fourth-order valence-corrected chi connectivity index (χ4v) is 2.89. The molecule has 0 saturated heterocycles. The second-order valence-corrected chi connectivity index (χ2v) is 5.49. The summed E-state index contributed by atoms with van der Waals surface area (Å²) in [5.41, 5.74) is 1.31. The predicted molar refractivity (Wildman–Crippen MR) is 59.6 cm³/mol. The zero-order valence-electron chi connectivity index (χ0n) is 7.28. The van der Waals surface area contributed by atoms with Crippen molar-refractivity contribution in [2.24, 2.45) is 0 Å². The van der Waals surface area contributed by atoms with E-state index in [2.05, 4.69) is 42.4 Å². The van der Waals surface area contributed by atoms with Crippen LogP contribution in [0.2, 0.25) is 5.82 Å². The van der Waals surface area contributed by atoms with Gasteiger partial charge in [0.2, 0.25) is 0 Å². The Labute approximate surface area is 84.6 Å². The van der Waals surface area contributed by atoms with Crippen LogP contribution < -0.4 is 0 Å². The van der Waals surface area contributed by atoms with Gasteiger partial charge in [-0.15, -0.1) is 0 Å². The van der Waals surface area contributed by atoms with Crippen LogP contribution in [0.25, 0.3) is 6.08 Å². The Morgan fingerprint density at radius 2 is 2.00 bits per heavy atom. The van der Waals surface area contributed by atoms with Gasteiger partial charge in [0.15, 0.2) is 0 Å². The number of thioether (sulfide) groups is 1. The maximum atomic E-state index is 2.27. The molecule has 0 amide bonds. The topological polar surface area (TPSA) is 0 Å². The number of hydrogen-bond acceptors (Lipinski definition) is 1. The number of rotatable bonds is 3. The molecule has 0 atom stereocenters. The van der Waals surface area contributed by atoms with Crippen LogP contribution in [0.1, 0.15) is 5.56 Å². The molecule has 0 unspecified atom stereocenters. The molecule has 0 spiro atoms. The average Bonchev–Trinajstić information content (AvgIpc) is 2.16. The van der Waals surface area contributed by atoms with Gasteiger partial charge in [0.1, 0.15) is 0 Å². The molecule has 0 bridgehead atoms. The van der Waals surface area contributed by atoms with Gasteiger partial charge in [0.25, 0.3) is 0 Å². The van der Waals surface area contributed by atoms with Crippen molar-refractivity contribution in [3.8, 4) is 0 Å². The van der Waals surface area contributed by atoms with Crippen LogP contribution in [-0.4, -0.2) is 21.2 Å². The van der Waals surface area contributed by atoms with Crippen molar-refractivity contribution < 1.29 is 0 Å². The van der Waals surface area contributed by atoms with Crippen LogP contribution in [-0.2, 0) is 0 Å². The minimum atomic E-state index is 0.620. The fourth-order valence-electron chi connectivity index (χ4n) is 0.887. The zero-order valence-corrected chi connectivity index (χ0v) is 9.81. The van der Waals surface area contributed by atoms with Crippen molar-refractivity contribution in [2.45, 2.75) is 5.82 Å². The minimum absolute atomic E-state index is 0.620. The molecule has 0 heterocycles. The van der Waals surface area contributed by atoms with Gasteiger partial charge in [-0.2, -0.15) is 0 Å². The van der Waals surface area contributed by atoms with Crippen molar-refractivity contribution in [3.63, 3.8) is 0 Å². The van der Waals surface area contributed by atoms with Crippen LogP contribution in [0.4, 0.5) is 0 Å². The molecule has 0 aliphatic rings. The van der Waals surface area contributed by atoms with Gasteiger partial charge in [0, 0.05) is 0 Å². The third-order valence-electron chi connectivity index (χ3n) is 1.49. The van der Waals surface area contributed by atoms with E-state index in [1.54, 1.807) is 0 Å². The second-order valence-electron chi connectivity index (χ2n) is 2.28. The molecule has 64 valence electrons. The Bertz CT molecular complexity index is 248. The predicted octanol–water partition coefficient (Wildman–Crippen LogP) is 3.10. The van der Waals surface area contributed by atoms with E-state index in [0.717, 1.165) is 0 Å². The van der Waals surface area contributed by atoms with E-state index in [1.807, 2.05) is 17.8 Å². The average molecular weight is 243 g/mol. The Hall–Kier alpha value is -0.171. The Kier molecular flexibility index (Phi) is 4.52. The van der Waals surface area contributed by atoms with Crippen LogP contribution in [0.5, 0.6) is 0 Å². The first kappa shape index (κ1) is 9.91. The molecule has 0 radical (unpaired) electrons. The molecule has 0 aromatic heterocycles. The van der Waals surface area contributed by atoms with Crippen molar-refractivity contribution in [1.82, 2.24) is 0 Å². The van der Waals surface area contributed by atoms with E-state index in [-0.39, 0.29) is 0 Å². The standard InChI is InChI=1S/C10H12SSe/c1-11-10(12-2)8-9-6-4-3-5-7-9/h3-8H,1-2H3/b10-8-. The van der Waals surface area contributed by atoms with Crippen molar-refractivity contribution in [3.05, 3.63) is 39.7 Å². The van der Waals surface area contributed by atoms with Gasteiger partial charge in [-0.3, -0.25) is 0 Å². The van der Waals surface area contributed by atoms with E-state index in [4.69, 9.17) is 0 Å². The Morgan fingerprint density at radius 1 is 1.33 bits per heavy atom. The molecule has 12 heavy (non-hydrogen) atoms. The molecule has 0 nitrogen and oxygen atoms in total. The third-order valence-corrected chi connectivity index (χ3v) is 5.01. The summed E-state index contributed by atoms with van der Waals surface area (Å²) in [6.45, 7) is 0. The van der Waals surface area contributed by atoms with E-state index in [9.17, 15) is 0 Å². The summed E-state index contributed by atoms with van der Waals surface area (Å²) in [4.78, 5) is 0. The van der Waals surface area contributed by atoms with Gasteiger partial charge in [-0.25, -0.2) is 0 Å². The van der Waals surface area contributed by atoms with Crippen molar-refractivity contribution in [2.75, 3.05) is 6.26 Å². The Balaban J connectivity index is 2.79. The molecular weight excluding hydrogens is 231 g/mol. The summed E-state index contributed by atoms with van der Waals surface area (Å²) < 4.78 is 1.49. The molecule has 0 N–H and O–H groups in total. The summed E-state index contributed by atoms with van der Waals surface area (Å²) >= 11 is 2.47. The van der Waals surface area contributed by atoms with Crippen LogP contribution in [0.3, 0.4) is 0 Å². The molecule has 0 aliphatic heterocycles. The summed E-state index contributed by atoms with van der Waals surface area (Å²) in [7, 11) is 0. The monoisotopic (exact) mass is 244 g/mol. The normalized spacial score (nSPS) is 11.7. The molecule has 0 saturated carbocycles. The van der Waals surface area contributed by atoms with Crippen molar-refractivity contribution >= 4 is 32.8 Å². The van der Waals surface area contributed by atoms with Crippen molar-refractivity contribution in [1.29, 1.82) is 0 Å². The van der Waals surface area contributed by atoms with Gasteiger partial charge in [-0.05, 0) is 0 Å². The van der Waals surface area contributed by atoms with Crippen LogP contribution in [0, 0.1) is 0 Å². The van der Waals surface area contributed by atoms with E-state index in [1.165, 1.54) is 9.37 Å². The first-order valence-corrected chi connectivity index (χ1v) is 7.51.